The summed E-state index contributed by atoms with van der Waals surface area (Å²) in [5.41, 5.74) is 6.00. The highest BCUT2D eigenvalue weighted by molar-refractivity contribution is 5.79. The molecule has 0 radical (unpaired) electrons. The molecule has 0 aliphatic heterocycles. The molecule has 3 nitrogen and oxygen atoms in total. The molecule has 1 aliphatic carbocycles. The van der Waals surface area contributed by atoms with E-state index in [1.54, 1.807) is 0 Å². The van der Waals surface area contributed by atoms with Crippen LogP contribution in [-0.2, 0) is 11.2 Å². The fourth-order valence-electron chi connectivity index (χ4n) is 2.40. The highest BCUT2D eigenvalue weighted by Crippen LogP contribution is 2.25. The average Bonchev–Trinajstić information content (AvgIpc) is 2.36. The minimum atomic E-state index is -0.910. The van der Waals surface area contributed by atoms with Crippen molar-refractivity contribution in [2.75, 3.05) is 13.1 Å². The number of halogens is 2. The number of amides is 1. The van der Waals surface area contributed by atoms with Crippen LogP contribution in [0.5, 0.6) is 0 Å². The van der Waals surface area contributed by atoms with Gasteiger partial charge < -0.3 is 10.6 Å². The second-order valence-corrected chi connectivity index (χ2v) is 5.24. The number of carbonyl (C=O) groups excluding carboxylic acids is 1. The van der Waals surface area contributed by atoms with Gasteiger partial charge in [0.05, 0.1) is 6.42 Å². The van der Waals surface area contributed by atoms with Crippen LogP contribution in [0.15, 0.2) is 18.2 Å². The van der Waals surface area contributed by atoms with Crippen molar-refractivity contribution in [1.29, 1.82) is 0 Å². The fourth-order valence-corrected chi connectivity index (χ4v) is 2.40. The third-order valence-corrected chi connectivity index (χ3v) is 3.78. The Morgan fingerprint density at radius 3 is 2.60 bits per heavy atom. The van der Waals surface area contributed by atoms with Crippen LogP contribution in [0.25, 0.3) is 0 Å². The van der Waals surface area contributed by atoms with E-state index in [1.165, 1.54) is 6.07 Å². The second kappa shape index (κ2) is 6.79. The number of hydrogen-bond acceptors (Lipinski definition) is 2. The lowest BCUT2D eigenvalue weighted by atomic mass is 9.91. The Hall–Kier alpha value is -1.49. The lowest BCUT2D eigenvalue weighted by Crippen LogP contribution is -2.45. The van der Waals surface area contributed by atoms with E-state index in [-0.39, 0.29) is 12.3 Å². The Morgan fingerprint density at radius 1 is 1.30 bits per heavy atom. The summed E-state index contributed by atoms with van der Waals surface area (Å²) >= 11 is 0. The number of hydrogen-bond donors (Lipinski definition) is 1. The van der Waals surface area contributed by atoms with Gasteiger partial charge in [-0.1, -0.05) is 6.07 Å². The molecule has 20 heavy (non-hydrogen) atoms. The SMILES string of the molecule is NCCCN(C(=O)Cc1ccc(F)c(F)c1)C1CCC1. The van der Waals surface area contributed by atoms with Crippen molar-refractivity contribution in [3.8, 4) is 0 Å². The molecule has 0 atom stereocenters. The van der Waals surface area contributed by atoms with E-state index >= 15 is 0 Å². The zero-order valence-corrected chi connectivity index (χ0v) is 11.4. The van der Waals surface area contributed by atoms with E-state index < -0.39 is 11.6 Å². The van der Waals surface area contributed by atoms with Crippen LogP contribution in [-0.4, -0.2) is 29.9 Å². The van der Waals surface area contributed by atoms with Gasteiger partial charge in [-0.25, -0.2) is 8.78 Å². The highest BCUT2D eigenvalue weighted by atomic mass is 19.2. The molecule has 1 fully saturated rings. The summed E-state index contributed by atoms with van der Waals surface area (Å²) in [6.07, 6.45) is 4.06. The van der Waals surface area contributed by atoms with Crippen molar-refractivity contribution in [3.63, 3.8) is 0 Å². The van der Waals surface area contributed by atoms with Gasteiger partial charge in [-0.3, -0.25) is 4.79 Å². The Kier molecular flexibility index (Phi) is 5.06. The maximum Gasteiger partial charge on any atom is 0.227 e. The van der Waals surface area contributed by atoms with Gasteiger partial charge in [-0.05, 0) is 49.9 Å². The van der Waals surface area contributed by atoms with E-state index in [1.807, 2.05) is 4.90 Å². The Morgan fingerprint density at radius 2 is 2.05 bits per heavy atom. The van der Waals surface area contributed by atoms with Gasteiger partial charge >= 0.3 is 0 Å². The summed E-state index contributed by atoms with van der Waals surface area (Å²) in [5, 5.41) is 0. The minimum Gasteiger partial charge on any atom is -0.339 e. The molecule has 1 saturated carbocycles. The highest BCUT2D eigenvalue weighted by Gasteiger charge is 2.28. The van der Waals surface area contributed by atoms with Crippen LogP contribution < -0.4 is 5.73 Å². The second-order valence-electron chi connectivity index (χ2n) is 5.24. The first kappa shape index (κ1) is 14.9. The lowest BCUT2D eigenvalue weighted by molar-refractivity contribution is -0.134. The van der Waals surface area contributed by atoms with Gasteiger partial charge in [0.25, 0.3) is 0 Å². The van der Waals surface area contributed by atoms with E-state index in [0.29, 0.717) is 24.7 Å². The third kappa shape index (κ3) is 3.54. The van der Waals surface area contributed by atoms with Crippen LogP contribution in [0.1, 0.15) is 31.2 Å². The molecular formula is C15H20F2N2O. The van der Waals surface area contributed by atoms with Crippen molar-refractivity contribution in [2.24, 2.45) is 5.73 Å². The monoisotopic (exact) mass is 282 g/mol. The third-order valence-electron chi connectivity index (χ3n) is 3.78. The van der Waals surface area contributed by atoms with Crippen LogP contribution in [0.2, 0.25) is 0 Å². The Bertz CT molecular complexity index is 475. The van der Waals surface area contributed by atoms with Crippen molar-refractivity contribution in [2.45, 2.75) is 38.1 Å². The van der Waals surface area contributed by atoms with E-state index in [2.05, 4.69) is 0 Å². The number of nitrogens with zero attached hydrogens (tertiary/aromatic N) is 1. The average molecular weight is 282 g/mol. The van der Waals surface area contributed by atoms with Crippen LogP contribution in [0.4, 0.5) is 8.78 Å². The summed E-state index contributed by atoms with van der Waals surface area (Å²) in [4.78, 5) is 14.2. The van der Waals surface area contributed by atoms with E-state index in [0.717, 1.165) is 37.8 Å². The van der Waals surface area contributed by atoms with Crippen molar-refractivity contribution >= 4 is 5.91 Å². The molecule has 1 amide bonds. The number of carbonyl (C=O) groups is 1. The van der Waals surface area contributed by atoms with Gasteiger partial charge in [0.2, 0.25) is 5.91 Å². The number of benzene rings is 1. The molecular weight excluding hydrogens is 262 g/mol. The van der Waals surface area contributed by atoms with Crippen LogP contribution in [0.3, 0.4) is 0 Å². The van der Waals surface area contributed by atoms with Gasteiger partial charge in [-0.15, -0.1) is 0 Å². The van der Waals surface area contributed by atoms with E-state index in [9.17, 15) is 13.6 Å². The number of rotatable bonds is 6. The summed E-state index contributed by atoms with van der Waals surface area (Å²) in [6.45, 7) is 1.19. The molecule has 0 heterocycles. The summed E-state index contributed by atoms with van der Waals surface area (Å²) in [7, 11) is 0. The molecule has 2 rings (SSSR count). The topological polar surface area (TPSA) is 46.3 Å². The molecule has 5 heteroatoms. The normalized spacial score (nSPS) is 14.9. The standard InChI is InChI=1S/C15H20F2N2O/c16-13-6-5-11(9-14(13)17)10-15(20)19(8-2-7-18)12-3-1-4-12/h5-6,9,12H,1-4,7-8,10,18H2. The largest absolute Gasteiger partial charge is 0.339 e. The molecule has 1 aliphatic rings. The quantitative estimate of drug-likeness (QED) is 0.869. The van der Waals surface area contributed by atoms with Crippen LogP contribution in [0, 0.1) is 11.6 Å². The molecule has 0 spiro atoms. The van der Waals surface area contributed by atoms with Gasteiger partial charge in [-0.2, -0.15) is 0 Å². The zero-order chi connectivity index (χ0) is 14.5. The summed E-state index contributed by atoms with van der Waals surface area (Å²) in [6, 6.07) is 3.90. The van der Waals surface area contributed by atoms with Crippen molar-refractivity contribution in [3.05, 3.63) is 35.4 Å². The smallest absolute Gasteiger partial charge is 0.227 e. The van der Waals surface area contributed by atoms with E-state index in [4.69, 9.17) is 5.73 Å². The first-order chi connectivity index (χ1) is 9.61. The minimum absolute atomic E-state index is 0.0332. The fraction of sp³-hybridized carbons (Fsp3) is 0.533. The lowest BCUT2D eigenvalue weighted by Gasteiger charge is -2.37. The molecule has 0 unspecified atom stereocenters. The number of nitrogens with two attached hydrogens (primary N) is 1. The first-order valence-corrected chi connectivity index (χ1v) is 7.05. The molecule has 1 aromatic carbocycles. The van der Waals surface area contributed by atoms with Gasteiger partial charge in [0.1, 0.15) is 0 Å². The summed E-state index contributed by atoms with van der Waals surface area (Å²) < 4.78 is 26.0. The van der Waals surface area contributed by atoms with Crippen LogP contribution >= 0.6 is 0 Å². The van der Waals surface area contributed by atoms with Crippen molar-refractivity contribution < 1.29 is 13.6 Å². The van der Waals surface area contributed by atoms with Gasteiger partial charge in [0, 0.05) is 12.6 Å². The first-order valence-electron chi connectivity index (χ1n) is 7.05. The zero-order valence-electron chi connectivity index (χ0n) is 11.4. The predicted molar refractivity (Wildman–Crippen MR) is 73.1 cm³/mol. The molecule has 110 valence electrons. The molecule has 1 aromatic rings. The predicted octanol–water partition coefficient (Wildman–Crippen LogP) is 2.24. The molecule has 2 N–H and O–H groups in total. The molecule has 0 bridgehead atoms. The molecule has 0 aromatic heterocycles. The Labute approximate surface area is 117 Å². The maximum absolute atomic E-state index is 13.2. The summed E-state index contributed by atoms with van der Waals surface area (Å²) in [5.74, 6) is -1.83. The Balaban J connectivity index is 2.01. The van der Waals surface area contributed by atoms with Gasteiger partial charge in [0.15, 0.2) is 11.6 Å². The molecule has 0 saturated heterocycles. The van der Waals surface area contributed by atoms with Crippen molar-refractivity contribution in [1.82, 2.24) is 4.90 Å². The maximum atomic E-state index is 13.2.